The Morgan fingerprint density at radius 2 is 1.95 bits per heavy atom. The van der Waals surface area contributed by atoms with E-state index in [2.05, 4.69) is 28.9 Å². The van der Waals surface area contributed by atoms with Gasteiger partial charge < -0.3 is 5.73 Å². The summed E-state index contributed by atoms with van der Waals surface area (Å²) >= 11 is 1.67. The van der Waals surface area contributed by atoms with E-state index in [0.29, 0.717) is 18.2 Å². The van der Waals surface area contributed by atoms with Crippen LogP contribution in [0.2, 0.25) is 0 Å². The molecule has 0 atom stereocenters. The summed E-state index contributed by atoms with van der Waals surface area (Å²) in [5.74, 6) is 1.27. The number of aryl methyl sites for hydroxylation is 4. The number of hydrogen-bond donors (Lipinski definition) is 1. The van der Waals surface area contributed by atoms with Crippen LogP contribution in [0, 0.1) is 27.7 Å². The molecule has 3 heterocycles. The lowest BCUT2D eigenvalue weighted by Crippen LogP contribution is -2.09. The first kappa shape index (κ1) is 13.1. The molecule has 0 aromatic carbocycles. The average molecular weight is 287 g/mol. The minimum Gasteiger partial charge on any atom is -0.383 e. The van der Waals surface area contributed by atoms with Crippen LogP contribution in [0.15, 0.2) is 6.07 Å². The maximum Gasteiger partial charge on any atom is 0.153 e. The van der Waals surface area contributed by atoms with E-state index in [1.165, 1.54) is 10.4 Å². The average Bonchev–Trinajstić information content (AvgIpc) is 2.80. The molecule has 0 aliphatic carbocycles. The molecule has 0 fully saturated rings. The monoisotopic (exact) mass is 287 g/mol. The van der Waals surface area contributed by atoms with E-state index in [0.717, 1.165) is 21.6 Å². The molecule has 3 aromatic rings. The maximum absolute atomic E-state index is 6.09. The molecule has 0 aliphatic heterocycles. The normalized spacial score (nSPS) is 11.4. The van der Waals surface area contributed by atoms with E-state index in [1.54, 1.807) is 11.3 Å². The Kier molecular flexibility index (Phi) is 2.97. The van der Waals surface area contributed by atoms with Crippen LogP contribution in [-0.2, 0) is 6.54 Å². The van der Waals surface area contributed by atoms with E-state index in [4.69, 9.17) is 5.73 Å². The number of anilines is 1. The van der Waals surface area contributed by atoms with Gasteiger partial charge in [-0.1, -0.05) is 0 Å². The molecular formula is C14H17N5S. The Balaban J connectivity index is 2.07. The van der Waals surface area contributed by atoms with Gasteiger partial charge in [0, 0.05) is 10.6 Å². The van der Waals surface area contributed by atoms with Gasteiger partial charge in [-0.2, -0.15) is 5.10 Å². The zero-order chi connectivity index (χ0) is 14.4. The molecule has 0 radical (unpaired) electrons. The summed E-state index contributed by atoms with van der Waals surface area (Å²) < 4.78 is 1.91. The number of nitrogens with zero attached hydrogens (tertiary/aromatic N) is 4. The van der Waals surface area contributed by atoms with Crippen LogP contribution in [0.4, 0.5) is 5.82 Å². The molecule has 0 amide bonds. The second-order valence-electron chi connectivity index (χ2n) is 5.07. The number of rotatable bonds is 2. The Hall–Kier alpha value is -1.95. The van der Waals surface area contributed by atoms with E-state index in [1.807, 2.05) is 24.6 Å². The molecule has 0 saturated carbocycles. The number of thiophene rings is 1. The third-order valence-corrected chi connectivity index (χ3v) is 4.60. The Bertz CT molecular complexity index is 800. The zero-order valence-electron chi connectivity index (χ0n) is 12.1. The van der Waals surface area contributed by atoms with Crippen molar-refractivity contribution in [1.82, 2.24) is 19.7 Å². The lowest BCUT2D eigenvalue weighted by Gasteiger charge is -2.05. The van der Waals surface area contributed by atoms with Gasteiger partial charge in [0.25, 0.3) is 0 Å². The van der Waals surface area contributed by atoms with Gasteiger partial charge in [-0.05, 0) is 39.3 Å². The van der Waals surface area contributed by atoms with Gasteiger partial charge >= 0.3 is 0 Å². The van der Waals surface area contributed by atoms with Crippen molar-refractivity contribution in [3.05, 3.63) is 33.7 Å². The predicted octanol–water partition coefficient (Wildman–Crippen LogP) is 2.75. The molecule has 104 valence electrons. The van der Waals surface area contributed by atoms with Gasteiger partial charge in [0.05, 0.1) is 11.1 Å². The SMILES string of the molecule is Cc1cc(C)n(Cc2nc(N)c3c(C)c(C)sc3n2)n1. The topological polar surface area (TPSA) is 69.6 Å². The Morgan fingerprint density at radius 3 is 2.60 bits per heavy atom. The van der Waals surface area contributed by atoms with Gasteiger partial charge in [0.15, 0.2) is 5.82 Å². The van der Waals surface area contributed by atoms with Gasteiger partial charge in [0.2, 0.25) is 0 Å². The molecule has 2 N–H and O–H groups in total. The molecule has 20 heavy (non-hydrogen) atoms. The van der Waals surface area contributed by atoms with Gasteiger partial charge in [-0.15, -0.1) is 11.3 Å². The number of hydrogen-bond acceptors (Lipinski definition) is 5. The Labute approximate surface area is 121 Å². The van der Waals surface area contributed by atoms with Crippen molar-refractivity contribution in [1.29, 1.82) is 0 Å². The first-order valence-corrected chi connectivity index (χ1v) is 7.30. The summed E-state index contributed by atoms with van der Waals surface area (Å²) in [6.45, 7) is 8.71. The molecule has 3 aromatic heterocycles. The molecule has 3 rings (SSSR count). The van der Waals surface area contributed by atoms with Crippen molar-refractivity contribution in [2.75, 3.05) is 5.73 Å². The van der Waals surface area contributed by atoms with Crippen molar-refractivity contribution in [3.63, 3.8) is 0 Å². The van der Waals surface area contributed by atoms with Gasteiger partial charge in [-0.3, -0.25) is 4.68 Å². The molecule has 0 unspecified atom stereocenters. The van der Waals surface area contributed by atoms with Crippen LogP contribution in [0.25, 0.3) is 10.2 Å². The second kappa shape index (κ2) is 4.56. The smallest absolute Gasteiger partial charge is 0.153 e. The van der Waals surface area contributed by atoms with Gasteiger partial charge in [0.1, 0.15) is 17.2 Å². The van der Waals surface area contributed by atoms with Crippen molar-refractivity contribution < 1.29 is 0 Å². The van der Waals surface area contributed by atoms with Crippen molar-refractivity contribution in [2.45, 2.75) is 34.2 Å². The number of aromatic nitrogens is 4. The minimum atomic E-state index is 0.551. The second-order valence-corrected chi connectivity index (χ2v) is 6.28. The number of nitrogens with two attached hydrogens (primary N) is 1. The highest BCUT2D eigenvalue weighted by molar-refractivity contribution is 7.18. The van der Waals surface area contributed by atoms with Crippen LogP contribution in [-0.4, -0.2) is 19.7 Å². The summed E-state index contributed by atoms with van der Waals surface area (Å²) in [7, 11) is 0. The highest BCUT2D eigenvalue weighted by Gasteiger charge is 2.13. The Morgan fingerprint density at radius 1 is 1.20 bits per heavy atom. The van der Waals surface area contributed by atoms with Crippen molar-refractivity contribution >= 4 is 27.4 Å². The summed E-state index contributed by atoms with van der Waals surface area (Å²) in [5, 5.41) is 5.43. The quantitative estimate of drug-likeness (QED) is 0.787. The number of fused-ring (bicyclic) bond motifs is 1. The standard InChI is InChI=1S/C14H17N5S/c1-7-5-8(2)19(18-7)6-11-16-13(15)12-9(3)10(4)20-14(12)17-11/h5H,6H2,1-4H3,(H2,15,16,17). The molecule has 0 saturated heterocycles. The summed E-state index contributed by atoms with van der Waals surface area (Å²) in [4.78, 5) is 11.3. The van der Waals surface area contributed by atoms with Crippen LogP contribution in [0.5, 0.6) is 0 Å². The van der Waals surface area contributed by atoms with E-state index >= 15 is 0 Å². The molecule has 6 heteroatoms. The molecule has 0 bridgehead atoms. The molecule has 0 aliphatic rings. The summed E-state index contributed by atoms with van der Waals surface area (Å²) in [5.41, 5.74) is 9.37. The van der Waals surface area contributed by atoms with Gasteiger partial charge in [-0.25, -0.2) is 9.97 Å². The van der Waals surface area contributed by atoms with Crippen LogP contribution in [0.3, 0.4) is 0 Å². The van der Waals surface area contributed by atoms with E-state index in [9.17, 15) is 0 Å². The highest BCUT2D eigenvalue weighted by Crippen LogP contribution is 2.31. The number of nitrogen functional groups attached to an aromatic ring is 1. The third-order valence-electron chi connectivity index (χ3n) is 3.50. The first-order chi connectivity index (χ1) is 9.45. The van der Waals surface area contributed by atoms with Crippen molar-refractivity contribution in [2.24, 2.45) is 0 Å². The molecular weight excluding hydrogens is 270 g/mol. The fourth-order valence-electron chi connectivity index (χ4n) is 2.37. The molecule has 0 spiro atoms. The maximum atomic E-state index is 6.09. The lowest BCUT2D eigenvalue weighted by atomic mass is 10.2. The summed E-state index contributed by atoms with van der Waals surface area (Å²) in [6, 6.07) is 2.04. The first-order valence-electron chi connectivity index (χ1n) is 6.49. The van der Waals surface area contributed by atoms with E-state index < -0.39 is 0 Å². The predicted molar refractivity (Wildman–Crippen MR) is 82.1 cm³/mol. The lowest BCUT2D eigenvalue weighted by molar-refractivity contribution is 0.635. The van der Waals surface area contributed by atoms with E-state index in [-0.39, 0.29) is 0 Å². The van der Waals surface area contributed by atoms with Crippen molar-refractivity contribution in [3.8, 4) is 0 Å². The zero-order valence-corrected chi connectivity index (χ0v) is 12.9. The minimum absolute atomic E-state index is 0.551. The molecule has 5 nitrogen and oxygen atoms in total. The van der Waals surface area contributed by atoms with Crippen LogP contribution < -0.4 is 5.73 Å². The summed E-state index contributed by atoms with van der Waals surface area (Å²) in [6.07, 6.45) is 0. The largest absolute Gasteiger partial charge is 0.383 e. The fraction of sp³-hybridized carbons (Fsp3) is 0.357. The fourth-order valence-corrected chi connectivity index (χ4v) is 3.42. The van der Waals surface area contributed by atoms with Crippen LogP contribution in [0.1, 0.15) is 27.7 Å². The van der Waals surface area contributed by atoms with Crippen LogP contribution >= 0.6 is 11.3 Å². The highest BCUT2D eigenvalue weighted by atomic mass is 32.1. The third kappa shape index (κ3) is 2.06.